The van der Waals surface area contributed by atoms with Crippen LogP contribution in [0.1, 0.15) is 46.6 Å². The highest BCUT2D eigenvalue weighted by Crippen LogP contribution is 2.27. The third-order valence-corrected chi connectivity index (χ3v) is 8.81. The van der Waals surface area contributed by atoms with Crippen LogP contribution in [0.4, 0.5) is 0 Å². The van der Waals surface area contributed by atoms with E-state index in [9.17, 15) is 23.1 Å². The molecule has 3 atom stereocenters. The maximum absolute atomic E-state index is 13.5. The molecule has 2 rings (SSSR count). The number of nitrogens with zero attached hydrogens (tertiary/aromatic N) is 1. The van der Waals surface area contributed by atoms with E-state index in [1.807, 2.05) is 44.2 Å². The smallest absolute Gasteiger partial charge is 0.243 e. The Morgan fingerprint density at radius 3 is 2.05 bits per heavy atom. The van der Waals surface area contributed by atoms with Crippen molar-refractivity contribution >= 4 is 21.8 Å². The van der Waals surface area contributed by atoms with Gasteiger partial charge in [0.15, 0.2) is 0 Å². The lowest BCUT2D eigenvalue weighted by atomic mass is 9.78. The van der Waals surface area contributed by atoms with Gasteiger partial charge in [0, 0.05) is 19.0 Å². The van der Waals surface area contributed by atoms with Crippen molar-refractivity contribution in [1.82, 2.24) is 9.62 Å². The molecule has 8 nitrogen and oxygen atoms in total. The van der Waals surface area contributed by atoms with Crippen molar-refractivity contribution in [2.45, 2.75) is 64.5 Å². The molecule has 0 bridgehead atoms. The first kappa shape index (κ1) is 30.5. The van der Waals surface area contributed by atoms with Gasteiger partial charge < -0.3 is 16.2 Å². The Morgan fingerprint density at radius 1 is 1.00 bits per heavy atom. The van der Waals surface area contributed by atoms with Crippen molar-refractivity contribution in [2.24, 2.45) is 23.0 Å². The number of hydrogen-bond donors (Lipinski definition) is 3. The van der Waals surface area contributed by atoms with Crippen LogP contribution in [0.3, 0.4) is 0 Å². The highest BCUT2D eigenvalue weighted by atomic mass is 32.2. The molecule has 0 fully saturated rings. The Hall–Kier alpha value is -2.75. The molecule has 2 aromatic carbocycles. The molecule has 9 heteroatoms. The van der Waals surface area contributed by atoms with Crippen LogP contribution in [0.5, 0.6) is 0 Å². The topological polar surface area (TPSA) is 130 Å². The lowest BCUT2D eigenvalue weighted by Gasteiger charge is -2.33. The molecule has 0 radical (unpaired) electrons. The summed E-state index contributed by atoms with van der Waals surface area (Å²) in [5, 5.41) is 14.2. The molecule has 0 aliphatic carbocycles. The molecular formula is C28H41N3O5S. The fourth-order valence-electron chi connectivity index (χ4n) is 3.79. The zero-order chi connectivity index (χ0) is 27.8. The van der Waals surface area contributed by atoms with Crippen LogP contribution in [-0.4, -0.2) is 54.9 Å². The van der Waals surface area contributed by atoms with Gasteiger partial charge in [-0.2, -0.15) is 4.31 Å². The van der Waals surface area contributed by atoms with Gasteiger partial charge in [-0.1, -0.05) is 83.1 Å². The fourth-order valence-corrected chi connectivity index (χ4v) is 5.28. The normalized spacial score (nSPS) is 14.8. The summed E-state index contributed by atoms with van der Waals surface area (Å²) < 4.78 is 28.2. The number of hydrogen-bond acceptors (Lipinski definition) is 5. The van der Waals surface area contributed by atoms with Crippen LogP contribution in [0.15, 0.2) is 65.6 Å². The molecule has 2 amide bonds. The van der Waals surface area contributed by atoms with E-state index in [1.165, 1.54) is 16.4 Å². The lowest BCUT2D eigenvalue weighted by molar-refractivity contribution is -0.138. The summed E-state index contributed by atoms with van der Waals surface area (Å²) in [5.74, 6) is -1.56. The monoisotopic (exact) mass is 531 g/mol. The Bertz CT molecular complexity index is 1120. The maximum atomic E-state index is 13.5. The number of primary amides is 1. The average molecular weight is 532 g/mol. The minimum absolute atomic E-state index is 0.145. The van der Waals surface area contributed by atoms with Crippen LogP contribution < -0.4 is 11.1 Å². The second-order valence-electron chi connectivity index (χ2n) is 10.5. The van der Waals surface area contributed by atoms with Crippen LogP contribution in [-0.2, 0) is 26.0 Å². The molecule has 204 valence electrons. The van der Waals surface area contributed by atoms with Gasteiger partial charge in [-0.25, -0.2) is 8.42 Å². The number of sulfonamides is 1. The van der Waals surface area contributed by atoms with Crippen molar-refractivity contribution in [3.63, 3.8) is 0 Å². The minimum Gasteiger partial charge on any atom is -0.390 e. The second kappa shape index (κ2) is 13.2. The van der Waals surface area contributed by atoms with E-state index >= 15 is 0 Å². The van der Waals surface area contributed by atoms with Crippen molar-refractivity contribution in [1.29, 1.82) is 0 Å². The third-order valence-electron chi connectivity index (χ3n) is 6.93. The van der Waals surface area contributed by atoms with E-state index in [2.05, 4.69) is 5.32 Å². The van der Waals surface area contributed by atoms with E-state index in [0.29, 0.717) is 6.42 Å². The summed E-state index contributed by atoms with van der Waals surface area (Å²) >= 11 is 0. The van der Waals surface area contributed by atoms with E-state index in [0.717, 1.165) is 5.56 Å². The van der Waals surface area contributed by atoms with Crippen LogP contribution in [0.2, 0.25) is 0 Å². The summed E-state index contributed by atoms with van der Waals surface area (Å²) in [4.78, 5) is 25.2. The number of rotatable bonds is 14. The largest absolute Gasteiger partial charge is 0.390 e. The molecule has 1 unspecified atom stereocenters. The Labute approximate surface area is 221 Å². The standard InChI is InChI=1S/C28H41N3O5S/c1-20(2)16-17-31(37(35,36)23-14-10-7-11-15-23)19-25(32)24(18-22-12-8-6-9-13-22)30-26(33)21(3)28(4,5)27(29)34/h6-15,20-21,24-25,32H,16-19H2,1-5H3,(H2,29,34)(H,30,33)/t21?,24-,25+/m0/s1. The van der Waals surface area contributed by atoms with Crippen molar-refractivity contribution in [3.8, 4) is 0 Å². The third kappa shape index (κ3) is 8.38. The molecule has 0 aliphatic heterocycles. The first-order valence-corrected chi connectivity index (χ1v) is 14.1. The Balaban J connectivity index is 2.35. The number of aliphatic hydroxyl groups excluding tert-OH is 1. The summed E-state index contributed by atoms with van der Waals surface area (Å²) in [6.07, 6.45) is -0.321. The van der Waals surface area contributed by atoms with Gasteiger partial charge in [-0.15, -0.1) is 0 Å². The molecule has 37 heavy (non-hydrogen) atoms. The SMILES string of the molecule is CC(C)CCN(C[C@@H](O)[C@H](Cc1ccccc1)NC(=O)C(C)C(C)(C)C(N)=O)S(=O)(=O)c1ccccc1. The van der Waals surface area contributed by atoms with Gasteiger partial charge in [0.25, 0.3) is 0 Å². The maximum Gasteiger partial charge on any atom is 0.243 e. The number of benzene rings is 2. The molecule has 0 saturated heterocycles. The van der Waals surface area contributed by atoms with E-state index in [-0.39, 0.29) is 30.3 Å². The Kier molecular flexibility index (Phi) is 10.8. The quantitative estimate of drug-likeness (QED) is 0.345. The van der Waals surface area contributed by atoms with E-state index in [4.69, 9.17) is 5.73 Å². The molecule has 0 aliphatic rings. The van der Waals surface area contributed by atoms with Gasteiger partial charge in [0.1, 0.15) is 0 Å². The molecule has 0 spiro atoms. The second-order valence-corrected chi connectivity index (χ2v) is 12.5. The predicted molar refractivity (Wildman–Crippen MR) is 145 cm³/mol. The van der Waals surface area contributed by atoms with Crippen molar-refractivity contribution in [2.75, 3.05) is 13.1 Å². The molecule has 4 N–H and O–H groups in total. The number of amides is 2. The van der Waals surface area contributed by atoms with Crippen molar-refractivity contribution in [3.05, 3.63) is 66.2 Å². The van der Waals surface area contributed by atoms with E-state index < -0.39 is 45.3 Å². The number of carbonyl (C=O) groups excluding carboxylic acids is 2. The van der Waals surface area contributed by atoms with E-state index in [1.54, 1.807) is 39.0 Å². The van der Waals surface area contributed by atoms with Gasteiger partial charge >= 0.3 is 0 Å². The molecule has 0 saturated carbocycles. The van der Waals surface area contributed by atoms with Gasteiger partial charge in [-0.05, 0) is 36.5 Å². The highest BCUT2D eigenvalue weighted by molar-refractivity contribution is 7.89. The molecule has 0 heterocycles. The fraction of sp³-hybridized carbons (Fsp3) is 0.500. The number of carbonyl (C=O) groups is 2. The summed E-state index contributed by atoms with van der Waals surface area (Å²) in [5.41, 5.74) is 5.27. The Morgan fingerprint density at radius 2 is 1.54 bits per heavy atom. The van der Waals surface area contributed by atoms with Gasteiger partial charge in [0.2, 0.25) is 21.8 Å². The summed E-state index contributed by atoms with van der Waals surface area (Å²) in [6, 6.07) is 16.6. The first-order valence-electron chi connectivity index (χ1n) is 12.6. The van der Waals surface area contributed by atoms with Crippen molar-refractivity contribution < 1.29 is 23.1 Å². The zero-order valence-corrected chi connectivity index (χ0v) is 23.2. The van der Waals surface area contributed by atoms with Crippen LogP contribution >= 0.6 is 0 Å². The summed E-state index contributed by atoms with van der Waals surface area (Å²) in [7, 11) is -3.88. The van der Waals surface area contributed by atoms with Gasteiger partial charge in [0.05, 0.1) is 22.5 Å². The minimum atomic E-state index is -3.88. The van der Waals surface area contributed by atoms with Gasteiger partial charge in [-0.3, -0.25) is 9.59 Å². The van der Waals surface area contributed by atoms with Crippen LogP contribution in [0.25, 0.3) is 0 Å². The molecule has 0 aromatic heterocycles. The lowest BCUT2D eigenvalue weighted by Crippen LogP contribution is -2.54. The number of nitrogens with two attached hydrogens (primary N) is 1. The predicted octanol–water partition coefficient (Wildman–Crippen LogP) is 2.96. The highest BCUT2D eigenvalue weighted by Gasteiger charge is 2.38. The molecule has 2 aromatic rings. The average Bonchev–Trinajstić information content (AvgIpc) is 2.86. The first-order chi connectivity index (χ1) is 17.3. The van der Waals surface area contributed by atoms with Crippen LogP contribution in [0, 0.1) is 17.3 Å². The number of nitrogens with one attached hydrogen (secondary N) is 1. The molecular weight excluding hydrogens is 490 g/mol. The number of aliphatic hydroxyl groups is 1. The zero-order valence-electron chi connectivity index (χ0n) is 22.4. The summed E-state index contributed by atoms with van der Waals surface area (Å²) in [6.45, 7) is 8.85.